The number of benzene rings is 1. The first-order valence-electron chi connectivity index (χ1n) is 4.87. The van der Waals surface area contributed by atoms with Crippen LogP contribution in [0.2, 0.25) is 0 Å². The standard InChI is InChI=1S/C10H7F3N4S2/c11-10(12,13)7-3-5(1-2-6(7)8(14)15)19-9-17-16-4-18-9/h1-4H,(H3,14,15). The van der Waals surface area contributed by atoms with Crippen LogP contribution in [-0.2, 0) is 6.18 Å². The third kappa shape index (κ3) is 3.24. The topological polar surface area (TPSA) is 75.7 Å². The Morgan fingerprint density at radius 1 is 1.37 bits per heavy atom. The van der Waals surface area contributed by atoms with E-state index in [4.69, 9.17) is 11.1 Å². The van der Waals surface area contributed by atoms with Gasteiger partial charge in [-0.25, -0.2) is 0 Å². The van der Waals surface area contributed by atoms with Gasteiger partial charge in [-0.3, -0.25) is 5.41 Å². The number of halogens is 3. The van der Waals surface area contributed by atoms with Gasteiger partial charge in [0.25, 0.3) is 0 Å². The molecule has 19 heavy (non-hydrogen) atoms. The molecule has 1 heterocycles. The number of hydrogen-bond donors (Lipinski definition) is 2. The Morgan fingerprint density at radius 2 is 2.11 bits per heavy atom. The van der Waals surface area contributed by atoms with E-state index in [-0.39, 0.29) is 5.56 Å². The number of amidine groups is 1. The van der Waals surface area contributed by atoms with Crippen molar-refractivity contribution in [3.63, 3.8) is 0 Å². The molecule has 100 valence electrons. The quantitative estimate of drug-likeness (QED) is 0.675. The summed E-state index contributed by atoms with van der Waals surface area (Å²) in [5.41, 5.74) is 5.40. The smallest absolute Gasteiger partial charge is 0.384 e. The molecule has 4 nitrogen and oxygen atoms in total. The van der Waals surface area contributed by atoms with Crippen molar-refractivity contribution in [3.8, 4) is 0 Å². The summed E-state index contributed by atoms with van der Waals surface area (Å²) in [6, 6.07) is 3.62. The lowest BCUT2D eigenvalue weighted by Crippen LogP contribution is -2.18. The number of nitrogens with zero attached hydrogens (tertiary/aromatic N) is 2. The van der Waals surface area contributed by atoms with Crippen LogP contribution in [0.1, 0.15) is 11.1 Å². The van der Waals surface area contributed by atoms with Crippen LogP contribution < -0.4 is 5.73 Å². The molecular formula is C10H7F3N4S2. The Kier molecular flexibility index (Phi) is 3.76. The van der Waals surface area contributed by atoms with E-state index in [2.05, 4.69) is 10.2 Å². The summed E-state index contributed by atoms with van der Waals surface area (Å²) in [6.07, 6.45) is -4.56. The fourth-order valence-corrected chi connectivity index (χ4v) is 2.86. The Morgan fingerprint density at radius 3 is 2.63 bits per heavy atom. The van der Waals surface area contributed by atoms with Crippen LogP contribution in [0.4, 0.5) is 13.2 Å². The summed E-state index contributed by atoms with van der Waals surface area (Å²) in [5, 5.41) is 14.5. The Balaban J connectivity index is 2.41. The maximum atomic E-state index is 12.9. The third-order valence-electron chi connectivity index (χ3n) is 2.13. The molecule has 0 bridgehead atoms. The first-order chi connectivity index (χ1) is 8.88. The van der Waals surface area contributed by atoms with Gasteiger partial charge in [0.15, 0.2) is 4.34 Å². The molecule has 0 spiro atoms. The molecule has 0 saturated heterocycles. The van der Waals surface area contributed by atoms with Crippen LogP contribution in [0.25, 0.3) is 0 Å². The van der Waals surface area contributed by atoms with Crippen molar-refractivity contribution in [1.82, 2.24) is 10.2 Å². The summed E-state index contributed by atoms with van der Waals surface area (Å²) in [7, 11) is 0. The first kappa shape index (κ1) is 13.8. The molecule has 0 unspecified atom stereocenters. The molecule has 0 aliphatic carbocycles. The molecule has 0 saturated carbocycles. The zero-order chi connectivity index (χ0) is 14.0. The zero-order valence-corrected chi connectivity index (χ0v) is 10.9. The third-order valence-corrected chi connectivity index (χ3v) is 3.90. The average molecular weight is 304 g/mol. The highest BCUT2D eigenvalue weighted by molar-refractivity contribution is 8.01. The molecule has 0 aliphatic heterocycles. The van der Waals surface area contributed by atoms with Gasteiger partial charge in [-0.05, 0) is 18.2 Å². The van der Waals surface area contributed by atoms with E-state index in [0.29, 0.717) is 9.24 Å². The van der Waals surface area contributed by atoms with E-state index in [9.17, 15) is 13.2 Å². The van der Waals surface area contributed by atoms with Gasteiger partial charge in [0.05, 0.1) is 5.56 Å². The number of hydrogen-bond acceptors (Lipinski definition) is 5. The molecule has 9 heteroatoms. The predicted molar refractivity (Wildman–Crippen MR) is 66.5 cm³/mol. The molecule has 1 aromatic carbocycles. The normalized spacial score (nSPS) is 11.5. The van der Waals surface area contributed by atoms with Crippen LogP contribution in [0.15, 0.2) is 32.9 Å². The van der Waals surface area contributed by atoms with Gasteiger partial charge in [0.1, 0.15) is 11.3 Å². The minimum atomic E-state index is -4.56. The van der Waals surface area contributed by atoms with Gasteiger partial charge in [-0.1, -0.05) is 23.1 Å². The summed E-state index contributed by atoms with van der Waals surface area (Å²) in [6.45, 7) is 0. The number of aromatic nitrogens is 2. The summed E-state index contributed by atoms with van der Waals surface area (Å²) >= 11 is 2.31. The largest absolute Gasteiger partial charge is 0.417 e. The van der Waals surface area contributed by atoms with Crippen LogP contribution in [-0.4, -0.2) is 16.0 Å². The highest BCUT2D eigenvalue weighted by atomic mass is 32.2. The van der Waals surface area contributed by atoms with E-state index in [1.54, 1.807) is 0 Å². The van der Waals surface area contributed by atoms with Gasteiger partial charge < -0.3 is 5.73 Å². The molecule has 3 N–H and O–H groups in total. The van der Waals surface area contributed by atoms with Crippen molar-refractivity contribution in [1.29, 1.82) is 5.41 Å². The molecule has 0 fully saturated rings. The van der Waals surface area contributed by atoms with Crippen LogP contribution >= 0.6 is 23.1 Å². The van der Waals surface area contributed by atoms with E-state index in [0.717, 1.165) is 17.8 Å². The monoisotopic (exact) mass is 304 g/mol. The van der Waals surface area contributed by atoms with Crippen LogP contribution in [0.3, 0.4) is 0 Å². The lowest BCUT2D eigenvalue weighted by atomic mass is 10.1. The maximum absolute atomic E-state index is 12.9. The summed E-state index contributed by atoms with van der Waals surface area (Å²) in [4.78, 5) is 0.370. The first-order valence-corrected chi connectivity index (χ1v) is 6.57. The van der Waals surface area contributed by atoms with E-state index in [1.807, 2.05) is 0 Å². The molecule has 0 atom stereocenters. The number of nitrogens with one attached hydrogen (secondary N) is 1. The Hall–Kier alpha value is -1.61. The van der Waals surface area contributed by atoms with E-state index < -0.39 is 17.6 Å². The molecule has 1 aromatic heterocycles. The molecule has 2 rings (SSSR count). The number of alkyl halides is 3. The van der Waals surface area contributed by atoms with Gasteiger partial charge >= 0.3 is 6.18 Å². The fraction of sp³-hybridized carbons (Fsp3) is 0.100. The van der Waals surface area contributed by atoms with Crippen molar-refractivity contribution in [2.24, 2.45) is 5.73 Å². The SMILES string of the molecule is N=C(N)c1ccc(Sc2nncs2)cc1C(F)(F)F. The lowest BCUT2D eigenvalue weighted by Gasteiger charge is -2.12. The highest BCUT2D eigenvalue weighted by Gasteiger charge is 2.34. The molecule has 0 amide bonds. The average Bonchev–Trinajstić information content (AvgIpc) is 2.80. The number of rotatable bonds is 3. The van der Waals surface area contributed by atoms with E-state index in [1.165, 1.54) is 29.0 Å². The van der Waals surface area contributed by atoms with Gasteiger partial charge in [-0.15, -0.1) is 10.2 Å². The van der Waals surface area contributed by atoms with Crippen LogP contribution in [0, 0.1) is 5.41 Å². The molecule has 0 radical (unpaired) electrons. The maximum Gasteiger partial charge on any atom is 0.417 e. The number of nitrogen functional groups attached to an aromatic ring is 1. The summed E-state index contributed by atoms with van der Waals surface area (Å²) < 4.78 is 39.2. The second-order valence-corrected chi connectivity index (χ2v) is 5.58. The molecule has 2 aromatic rings. The Bertz CT molecular complexity index is 595. The fourth-order valence-electron chi connectivity index (χ4n) is 1.36. The second kappa shape index (κ2) is 5.17. The minimum absolute atomic E-state index is 0.325. The van der Waals surface area contributed by atoms with Crippen molar-refractivity contribution in [2.45, 2.75) is 15.4 Å². The van der Waals surface area contributed by atoms with Crippen molar-refractivity contribution < 1.29 is 13.2 Å². The van der Waals surface area contributed by atoms with Crippen molar-refractivity contribution in [2.75, 3.05) is 0 Å². The highest BCUT2D eigenvalue weighted by Crippen LogP contribution is 2.36. The van der Waals surface area contributed by atoms with Crippen molar-refractivity contribution >= 4 is 28.9 Å². The lowest BCUT2D eigenvalue weighted by molar-refractivity contribution is -0.137. The predicted octanol–water partition coefficient (Wildman–Crippen LogP) is 2.99. The molecule has 0 aliphatic rings. The van der Waals surface area contributed by atoms with Gasteiger partial charge in [0.2, 0.25) is 0 Å². The summed E-state index contributed by atoms with van der Waals surface area (Å²) in [5.74, 6) is -0.611. The van der Waals surface area contributed by atoms with Gasteiger partial charge in [0, 0.05) is 10.5 Å². The van der Waals surface area contributed by atoms with Gasteiger partial charge in [-0.2, -0.15) is 13.2 Å². The Labute approximate surface area is 114 Å². The number of nitrogens with two attached hydrogens (primary N) is 1. The van der Waals surface area contributed by atoms with Crippen LogP contribution in [0.5, 0.6) is 0 Å². The second-order valence-electron chi connectivity index (χ2n) is 3.43. The molecular weight excluding hydrogens is 297 g/mol. The minimum Gasteiger partial charge on any atom is -0.384 e. The zero-order valence-electron chi connectivity index (χ0n) is 9.23. The van der Waals surface area contributed by atoms with Crippen molar-refractivity contribution in [3.05, 3.63) is 34.8 Å². The van der Waals surface area contributed by atoms with E-state index >= 15 is 0 Å².